The van der Waals surface area contributed by atoms with E-state index in [1.807, 2.05) is 4.90 Å². The second-order valence-corrected chi connectivity index (χ2v) is 7.15. The van der Waals surface area contributed by atoms with Crippen molar-refractivity contribution in [3.05, 3.63) is 16.8 Å². The molecule has 0 amide bonds. The molecular weight excluding hydrogens is 311 g/mol. The maximum absolute atomic E-state index is 13.0. The summed E-state index contributed by atoms with van der Waals surface area (Å²) < 4.78 is 39.1. The summed E-state index contributed by atoms with van der Waals surface area (Å²) in [5.74, 6) is -0.545. The van der Waals surface area contributed by atoms with E-state index >= 15 is 0 Å². The van der Waals surface area contributed by atoms with E-state index in [2.05, 4.69) is 9.97 Å². The van der Waals surface area contributed by atoms with Crippen molar-refractivity contribution in [3.8, 4) is 0 Å². The highest BCUT2D eigenvalue weighted by Crippen LogP contribution is 2.42. The van der Waals surface area contributed by atoms with E-state index in [0.29, 0.717) is 18.8 Å². The first-order valence-electron chi connectivity index (χ1n) is 7.61. The number of aromatic nitrogens is 2. The summed E-state index contributed by atoms with van der Waals surface area (Å²) in [6.45, 7) is 0.656. The topological polar surface area (TPSA) is 29.0 Å². The molecule has 0 bridgehead atoms. The monoisotopic (exact) mass is 327 g/mol. The maximum Gasteiger partial charge on any atom is 0.393 e. The number of fused-ring (bicyclic) bond motifs is 3. The number of hydrogen-bond acceptors (Lipinski definition) is 4. The lowest BCUT2D eigenvalue weighted by Gasteiger charge is -2.34. The van der Waals surface area contributed by atoms with Crippen molar-refractivity contribution in [2.24, 2.45) is 5.92 Å². The van der Waals surface area contributed by atoms with Crippen LogP contribution in [0.3, 0.4) is 0 Å². The van der Waals surface area contributed by atoms with Crippen LogP contribution in [0.4, 0.5) is 19.0 Å². The number of piperidine rings is 1. The van der Waals surface area contributed by atoms with Crippen LogP contribution < -0.4 is 4.90 Å². The van der Waals surface area contributed by atoms with Crippen molar-refractivity contribution in [2.45, 2.75) is 38.3 Å². The van der Waals surface area contributed by atoms with Gasteiger partial charge in [0, 0.05) is 18.0 Å². The molecule has 1 aliphatic heterocycles. The number of alkyl halides is 3. The molecule has 0 saturated carbocycles. The Morgan fingerprint density at radius 2 is 2.05 bits per heavy atom. The van der Waals surface area contributed by atoms with Gasteiger partial charge in [-0.2, -0.15) is 13.2 Å². The summed E-state index contributed by atoms with van der Waals surface area (Å²) in [5.41, 5.74) is 1.27. The number of nitrogens with zero attached hydrogens (tertiary/aromatic N) is 3. The third kappa shape index (κ3) is 2.26. The van der Waals surface area contributed by atoms with Gasteiger partial charge in [0.1, 0.15) is 17.0 Å². The SMILES string of the molecule is FC(F)(F)[C@H]1CCCN(c2ncnc3sc4c(c23)CCC4)C1. The quantitative estimate of drug-likeness (QED) is 0.794. The fourth-order valence-electron chi connectivity index (χ4n) is 3.59. The molecule has 0 aromatic carbocycles. The van der Waals surface area contributed by atoms with Crippen LogP contribution in [0.2, 0.25) is 0 Å². The zero-order valence-electron chi connectivity index (χ0n) is 12.0. The molecule has 7 heteroatoms. The zero-order chi connectivity index (χ0) is 15.3. The van der Waals surface area contributed by atoms with Crippen molar-refractivity contribution >= 4 is 27.4 Å². The second-order valence-electron chi connectivity index (χ2n) is 6.06. The molecule has 0 radical (unpaired) electrons. The third-order valence-corrected chi connectivity index (χ3v) is 5.86. The van der Waals surface area contributed by atoms with Gasteiger partial charge in [-0.1, -0.05) is 0 Å². The fraction of sp³-hybridized carbons (Fsp3) is 0.600. The van der Waals surface area contributed by atoms with Crippen molar-refractivity contribution in [2.75, 3.05) is 18.0 Å². The van der Waals surface area contributed by atoms with Crippen molar-refractivity contribution in [1.82, 2.24) is 9.97 Å². The highest BCUT2D eigenvalue weighted by molar-refractivity contribution is 7.19. The fourth-order valence-corrected chi connectivity index (χ4v) is 4.81. The van der Waals surface area contributed by atoms with Crippen LogP contribution in [0.15, 0.2) is 6.33 Å². The number of anilines is 1. The lowest BCUT2D eigenvalue weighted by molar-refractivity contribution is -0.176. The molecule has 1 saturated heterocycles. The Bertz CT molecular complexity index is 710. The second kappa shape index (κ2) is 5.08. The molecular formula is C15H16F3N3S. The molecule has 2 aromatic rings. The first kappa shape index (κ1) is 14.2. The van der Waals surface area contributed by atoms with E-state index in [1.54, 1.807) is 11.3 Å². The highest BCUT2D eigenvalue weighted by atomic mass is 32.1. The lowest BCUT2D eigenvalue weighted by Crippen LogP contribution is -2.42. The molecule has 1 fully saturated rings. The van der Waals surface area contributed by atoms with Gasteiger partial charge < -0.3 is 4.90 Å². The van der Waals surface area contributed by atoms with E-state index < -0.39 is 12.1 Å². The number of thiophene rings is 1. The Labute approximate surface area is 130 Å². The van der Waals surface area contributed by atoms with Crippen LogP contribution in [0.1, 0.15) is 29.7 Å². The molecule has 0 spiro atoms. The van der Waals surface area contributed by atoms with Gasteiger partial charge >= 0.3 is 6.18 Å². The van der Waals surface area contributed by atoms with Gasteiger partial charge in [-0.25, -0.2) is 9.97 Å². The molecule has 0 unspecified atom stereocenters. The predicted molar refractivity (Wildman–Crippen MR) is 80.4 cm³/mol. The summed E-state index contributed by atoms with van der Waals surface area (Å²) in [7, 11) is 0. The van der Waals surface area contributed by atoms with Gasteiger partial charge in [0.25, 0.3) is 0 Å². The minimum absolute atomic E-state index is 0.0141. The normalized spacial score (nSPS) is 22.3. The van der Waals surface area contributed by atoms with Crippen molar-refractivity contribution in [3.63, 3.8) is 0 Å². The molecule has 3 nitrogen and oxygen atoms in total. The summed E-state index contributed by atoms with van der Waals surface area (Å²) in [6.07, 6.45) is 1.31. The van der Waals surface area contributed by atoms with Gasteiger partial charge in [0.05, 0.1) is 11.3 Å². The number of halogens is 3. The Hall–Kier alpha value is -1.37. The maximum atomic E-state index is 13.0. The van der Waals surface area contributed by atoms with Crippen molar-refractivity contribution in [1.29, 1.82) is 0 Å². The van der Waals surface area contributed by atoms with Gasteiger partial charge in [0.2, 0.25) is 0 Å². The Morgan fingerprint density at radius 1 is 1.18 bits per heavy atom. The zero-order valence-corrected chi connectivity index (χ0v) is 12.8. The molecule has 0 N–H and O–H groups in total. The van der Waals surface area contributed by atoms with E-state index in [0.717, 1.165) is 29.5 Å². The van der Waals surface area contributed by atoms with Gasteiger partial charge in [0.15, 0.2) is 0 Å². The van der Waals surface area contributed by atoms with Gasteiger partial charge in [-0.05, 0) is 37.7 Å². The van der Waals surface area contributed by atoms with Gasteiger partial charge in [-0.15, -0.1) is 11.3 Å². The number of hydrogen-bond donors (Lipinski definition) is 0. The molecule has 2 aromatic heterocycles. The molecule has 22 heavy (non-hydrogen) atoms. The first-order chi connectivity index (χ1) is 10.5. The summed E-state index contributed by atoms with van der Waals surface area (Å²) in [4.78, 5) is 12.7. The number of aryl methyl sites for hydroxylation is 2. The minimum atomic E-state index is -4.12. The summed E-state index contributed by atoms with van der Waals surface area (Å²) >= 11 is 1.67. The third-order valence-electron chi connectivity index (χ3n) is 4.67. The minimum Gasteiger partial charge on any atom is -0.355 e. The summed E-state index contributed by atoms with van der Waals surface area (Å²) in [6, 6.07) is 0. The van der Waals surface area contributed by atoms with Crippen LogP contribution in [0.5, 0.6) is 0 Å². The Kier molecular flexibility index (Phi) is 3.29. The average Bonchev–Trinajstić information content (AvgIpc) is 3.06. The van der Waals surface area contributed by atoms with Crippen LogP contribution >= 0.6 is 11.3 Å². The Morgan fingerprint density at radius 3 is 2.86 bits per heavy atom. The molecule has 3 heterocycles. The molecule has 118 valence electrons. The first-order valence-corrected chi connectivity index (χ1v) is 8.42. The van der Waals surface area contributed by atoms with E-state index in [9.17, 15) is 13.2 Å². The van der Waals surface area contributed by atoms with E-state index in [4.69, 9.17) is 0 Å². The molecule has 1 atom stereocenters. The van der Waals surface area contributed by atoms with Crippen LogP contribution in [0, 0.1) is 5.92 Å². The largest absolute Gasteiger partial charge is 0.393 e. The highest BCUT2D eigenvalue weighted by Gasteiger charge is 2.42. The molecule has 4 rings (SSSR count). The molecule has 2 aliphatic rings. The lowest BCUT2D eigenvalue weighted by atomic mass is 9.97. The Balaban J connectivity index is 1.75. The standard InChI is InChI=1S/C15H16F3N3S/c16-15(17,18)9-3-2-6-21(7-9)13-12-10-4-1-5-11(10)22-14(12)20-8-19-13/h8-9H,1-7H2/t9-/m0/s1. The number of rotatable bonds is 1. The van der Waals surface area contributed by atoms with Crippen LogP contribution in [-0.4, -0.2) is 29.2 Å². The van der Waals surface area contributed by atoms with Crippen LogP contribution in [-0.2, 0) is 12.8 Å². The predicted octanol–water partition coefficient (Wildman–Crippen LogP) is 3.96. The van der Waals surface area contributed by atoms with Gasteiger partial charge in [-0.3, -0.25) is 0 Å². The van der Waals surface area contributed by atoms with E-state index in [1.165, 1.54) is 16.8 Å². The van der Waals surface area contributed by atoms with Crippen molar-refractivity contribution < 1.29 is 13.2 Å². The average molecular weight is 327 g/mol. The van der Waals surface area contributed by atoms with E-state index in [-0.39, 0.29) is 13.0 Å². The molecule has 1 aliphatic carbocycles. The summed E-state index contributed by atoms with van der Waals surface area (Å²) in [5, 5.41) is 1.00. The smallest absolute Gasteiger partial charge is 0.355 e. The van der Waals surface area contributed by atoms with Crippen LogP contribution in [0.25, 0.3) is 10.2 Å².